The summed E-state index contributed by atoms with van der Waals surface area (Å²) in [7, 11) is -3.68. The van der Waals surface area contributed by atoms with E-state index < -0.39 is 21.6 Å². The zero-order valence-corrected chi connectivity index (χ0v) is 8.90. The van der Waals surface area contributed by atoms with E-state index >= 15 is 0 Å². The Balaban J connectivity index is 3.10. The third-order valence-electron chi connectivity index (χ3n) is 1.39. The Morgan fingerprint density at radius 3 is 2.62 bits per heavy atom. The van der Waals surface area contributed by atoms with Crippen LogP contribution in [0.25, 0.3) is 0 Å². The van der Waals surface area contributed by atoms with Crippen LogP contribution >= 0.6 is 15.9 Å². The Kier molecular flexibility index (Phi) is 3.05. The predicted molar refractivity (Wildman–Crippen MR) is 50.9 cm³/mol. The zero-order valence-electron chi connectivity index (χ0n) is 6.50. The van der Waals surface area contributed by atoms with E-state index in [4.69, 9.17) is 5.14 Å². The summed E-state index contributed by atoms with van der Waals surface area (Å²) in [4.78, 5) is 0. The molecule has 0 saturated carbocycles. The van der Waals surface area contributed by atoms with Gasteiger partial charge >= 0.3 is 0 Å². The molecule has 1 rings (SSSR count). The SMILES string of the molecule is NS(=O)(=O)Cc1cccc(Br)c1F. The molecule has 0 saturated heterocycles. The van der Waals surface area contributed by atoms with E-state index in [1.165, 1.54) is 12.1 Å². The number of nitrogens with two attached hydrogens (primary N) is 1. The van der Waals surface area contributed by atoms with Gasteiger partial charge in [0.15, 0.2) is 0 Å². The molecule has 0 aliphatic carbocycles. The first-order valence-corrected chi connectivity index (χ1v) is 5.84. The smallest absolute Gasteiger partial charge is 0.213 e. The summed E-state index contributed by atoms with van der Waals surface area (Å²) in [6, 6.07) is 4.42. The maximum Gasteiger partial charge on any atom is 0.213 e. The van der Waals surface area contributed by atoms with Crippen molar-refractivity contribution in [1.29, 1.82) is 0 Å². The lowest BCUT2D eigenvalue weighted by Crippen LogP contribution is -2.15. The van der Waals surface area contributed by atoms with E-state index in [-0.39, 0.29) is 10.0 Å². The van der Waals surface area contributed by atoms with Crippen molar-refractivity contribution in [2.75, 3.05) is 0 Å². The van der Waals surface area contributed by atoms with Crippen molar-refractivity contribution in [2.45, 2.75) is 5.75 Å². The van der Waals surface area contributed by atoms with Gasteiger partial charge in [-0.25, -0.2) is 17.9 Å². The molecule has 0 aromatic heterocycles. The minimum absolute atomic E-state index is 0.0666. The first kappa shape index (κ1) is 10.6. The summed E-state index contributed by atoms with van der Waals surface area (Å²) in [6.45, 7) is 0. The van der Waals surface area contributed by atoms with Crippen molar-refractivity contribution in [1.82, 2.24) is 0 Å². The van der Waals surface area contributed by atoms with Crippen molar-refractivity contribution in [2.24, 2.45) is 5.14 Å². The van der Waals surface area contributed by atoms with Gasteiger partial charge in [-0.2, -0.15) is 0 Å². The average molecular weight is 268 g/mol. The zero-order chi connectivity index (χ0) is 10.1. The van der Waals surface area contributed by atoms with Crippen molar-refractivity contribution < 1.29 is 12.8 Å². The van der Waals surface area contributed by atoms with Crippen LogP contribution in [0.15, 0.2) is 22.7 Å². The fourth-order valence-corrected chi connectivity index (χ4v) is 1.94. The van der Waals surface area contributed by atoms with Gasteiger partial charge in [-0.3, -0.25) is 0 Å². The molecule has 2 N–H and O–H groups in total. The summed E-state index contributed by atoms with van der Waals surface area (Å²) in [5, 5.41) is 4.78. The molecule has 0 amide bonds. The monoisotopic (exact) mass is 267 g/mol. The molecular formula is C7H7BrFNO2S. The van der Waals surface area contributed by atoms with Gasteiger partial charge in [-0.15, -0.1) is 0 Å². The van der Waals surface area contributed by atoms with Crippen LogP contribution in [0, 0.1) is 5.82 Å². The van der Waals surface area contributed by atoms with Crippen LogP contribution in [0.1, 0.15) is 5.56 Å². The van der Waals surface area contributed by atoms with E-state index in [0.29, 0.717) is 0 Å². The molecule has 3 nitrogen and oxygen atoms in total. The molecule has 0 atom stereocenters. The van der Waals surface area contributed by atoms with Gasteiger partial charge in [0.2, 0.25) is 10.0 Å². The van der Waals surface area contributed by atoms with Crippen LogP contribution in [0.4, 0.5) is 4.39 Å². The first-order valence-electron chi connectivity index (χ1n) is 3.33. The van der Waals surface area contributed by atoms with Crippen LogP contribution in [-0.4, -0.2) is 8.42 Å². The van der Waals surface area contributed by atoms with E-state index in [1.54, 1.807) is 6.07 Å². The van der Waals surface area contributed by atoms with Crippen LogP contribution in [0.5, 0.6) is 0 Å². The van der Waals surface area contributed by atoms with Crippen LogP contribution in [0.2, 0.25) is 0 Å². The second kappa shape index (κ2) is 3.73. The molecule has 72 valence electrons. The second-order valence-electron chi connectivity index (χ2n) is 2.52. The van der Waals surface area contributed by atoms with Gasteiger partial charge in [-0.05, 0) is 22.0 Å². The van der Waals surface area contributed by atoms with Gasteiger partial charge in [0.05, 0.1) is 10.2 Å². The molecule has 0 unspecified atom stereocenters. The summed E-state index contributed by atoms with van der Waals surface area (Å²) in [6.07, 6.45) is 0. The topological polar surface area (TPSA) is 60.2 Å². The van der Waals surface area contributed by atoms with E-state index in [0.717, 1.165) is 0 Å². The molecule has 0 aliphatic rings. The number of sulfonamides is 1. The van der Waals surface area contributed by atoms with Crippen LogP contribution in [0.3, 0.4) is 0 Å². The Morgan fingerprint density at radius 2 is 2.08 bits per heavy atom. The lowest BCUT2D eigenvalue weighted by Gasteiger charge is -2.02. The fourth-order valence-electron chi connectivity index (χ4n) is 0.877. The lowest BCUT2D eigenvalue weighted by molar-refractivity contribution is 0.586. The molecule has 0 heterocycles. The summed E-state index contributed by atoms with van der Waals surface area (Å²) >= 11 is 2.94. The largest absolute Gasteiger partial charge is 0.228 e. The normalized spacial score (nSPS) is 11.6. The quantitative estimate of drug-likeness (QED) is 0.880. The number of primary sulfonamides is 1. The summed E-state index contributed by atoms with van der Waals surface area (Å²) in [5.41, 5.74) is 0.0666. The first-order chi connectivity index (χ1) is 5.90. The number of benzene rings is 1. The third-order valence-corrected chi connectivity index (χ3v) is 2.71. The highest BCUT2D eigenvalue weighted by Crippen LogP contribution is 2.19. The second-order valence-corrected chi connectivity index (χ2v) is 4.99. The van der Waals surface area contributed by atoms with Crippen molar-refractivity contribution >= 4 is 26.0 Å². The number of rotatable bonds is 2. The predicted octanol–water partition coefficient (Wildman–Crippen LogP) is 1.38. The Bertz CT molecular complexity index is 419. The molecule has 0 bridgehead atoms. The Labute approximate surface area is 83.9 Å². The maximum absolute atomic E-state index is 13.2. The standard InChI is InChI=1S/C7H7BrFNO2S/c8-6-3-1-2-5(7(6)9)4-13(10,11)12/h1-3H,4H2,(H2,10,11,12). The molecule has 6 heteroatoms. The van der Waals surface area contributed by atoms with E-state index in [1.807, 2.05) is 0 Å². The van der Waals surface area contributed by atoms with Crippen molar-refractivity contribution in [3.8, 4) is 0 Å². The maximum atomic E-state index is 13.2. The van der Waals surface area contributed by atoms with Crippen molar-refractivity contribution in [3.63, 3.8) is 0 Å². The number of halogens is 2. The molecule has 0 fully saturated rings. The number of hydrogen-bond donors (Lipinski definition) is 1. The molecule has 13 heavy (non-hydrogen) atoms. The van der Waals surface area contributed by atoms with Crippen LogP contribution < -0.4 is 5.14 Å². The Morgan fingerprint density at radius 1 is 1.46 bits per heavy atom. The highest BCUT2D eigenvalue weighted by Gasteiger charge is 2.11. The van der Waals surface area contributed by atoms with Gasteiger partial charge < -0.3 is 0 Å². The minimum atomic E-state index is -3.68. The Hall–Kier alpha value is -0.460. The molecule has 1 aromatic carbocycles. The lowest BCUT2D eigenvalue weighted by atomic mass is 10.2. The van der Waals surface area contributed by atoms with Gasteiger partial charge in [0, 0.05) is 5.56 Å². The highest BCUT2D eigenvalue weighted by molar-refractivity contribution is 9.10. The minimum Gasteiger partial charge on any atom is -0.228 e. The molecular weight excluding hydrogens is 261 g/mol. The average Bonchev–Trinajstić information content (AvgIpc) is 1.96. The highest BCUT2D eigenvalue weighted by atomic mass is 79.9. The summed E-state index contributed by atoms with van der Waals surface area (Å²) in [5.74, 6) is -1.07. The third kappa shape index (κ3) is 3.06. The molecule has 0 aliphatic heterocycles. The van der Waals surface area contributed by atoms with E-state index in [2.05, 4.69) is 15.9 Å². The van der Waals surface area contributed by atoms with Crippen LogP contribution in [-0.2, 0) is 15.8 Å². The summed E-state index contributed by atoms with van der Waals surface area (Å²) < 4.78 is 34.7. The number of hydrogen-bond acceptors (Lipinski definition) is 2. The molecule has 1 aromatic rings. The molecule has 0 radical (unpaired) electrons. The fraction of sp³-hybridized carbons (Fsp3) is 0.143. The van der Waals surface area contributed by atoms with Gasteiger partial charge in [0.25, 0.3) is 0 Å². The molecule has 0 spiro atoms. The van der Waals surface area contributed by atoms with Gasteiger partial charge in [0.1, 0.15) is 5.82 Å². The van der Waals surface area contributed by atoms with Gasteiger partial charge in [-0.1, -0.05) is 12.1 Å². The van der Waals surface area contributed by atoms with E-state index in [9.17, 15) is 12.8 Å². The van der Waals surface area contributed by atoms with Crippen molar-refractivity contribution in [3.05, 3.63) is 34.1 Å².